The van der Waals surface area contributed by atoms with Gasteiger partial charge in [0.25, 0.3) is 0 Å². The number of amides is 1. The molecular weight excluding hydrogens is 266 g/mol. The molecule has 1 aromatic carbocycles. The summed E-state index contributed by atoms with van der Waals surface area (Å²) in [6.45, 7) is 10.8. The molecule has 4 nitrogen and oxygen atoms in total. The van der Waals surface area contributed by atoms with E-state index >= 15 is 0 Å². The summed E-state index contributed by atoms with van der Waals surface area (Å²) < 4.78 is 0. The Morgan fingerprint density at radius 1 is 1.10 bits per heavy atom. The number of carbonyl (C=O) groups excluding carboxylic acids is 1. The summed E-state index contributed by atoms with van der Waals surface area (Å²) in [5, 5.41) is 9.74. The van der Waals surface area contributed by atoms with Gasteiger partial charge in [0.1, 0.15) is 0 Å². The average Bonchev–Trinajstić information content (AvgIpc) is 2.37. The Labute approximate surface area is 126 Å². The van der Waals surface area contributed by atoms with Gasteiger partial charge in [-0.05, 0) is 37.8 Å². The number of nitrogens with zero attached hydrogens (tertiary/aromatic N) is 1. The molecule has 1 amide bonds. The van der Waals surface area contributed by atoms with Crippen LogP contribution in [0, 0.1) is 0 Å². The van der Waals surface area contributed by atoms with Crippen LogP contribution in [0.5, 0.6) is 0 Å². The molecular formula is C17H25NO3. The maximum absolute atomic E-state index is 11.9. The zero-order valence-electron chi connectivity index (χ0n) is 13.7. The Hall–Kier alpha value is -1.84. The van der Waals surface area contributed by atoms with Crippen LogP contribution in [0.2, 0.25) is 0 Å². The van der Waals surface area contributed by atoms with Crippen molar-refractivity contribution < 1.29 is 14.7 Å². The summed E-state index contributed by atoms with van der Waals surface area (Å²) in [6.07, 6.45) is 0. The zero-order chi connectivity index (χ0) is 16.4. The average molecular weight is 291 g/mol. The molecule has 1 atom stereocenters. The van der Waals surface area contributed by atoms with Gasteiger partial charge in [0.15, 0.2) is 5.54 Å². The van der Waals surface area contributed by atoms with Gasteiger partial charge in [0.05, 0.1) is 0 Å². The molecule has 0 saturated heterocycles. The molecule has 0 radical (unpaired) electrons. The lowest BCUT2D eigenvalue weighted by Gasteiger charge is -2.40. The number of aliphatic carboxylic acids is 1. The van der Waals surface area contributed by atoms with E-state index in [0.717, 1.165) is 5.56 Å². The second-order valence-corrected chi connectivity index (χ2v) is 6.14. The molecule has 1 N–H and O–H groups in total. The number of carboxylic acid groups (broad SMARTS) is 1. The van der Waals surface area contributed by atoms with Crippen molar-refractivity contribution in [1.29, 1.82) is 0 Å². The van der Waals surface area contributed by atoms with E-state index in [1.165, 1.54) is 11.8 Å². The van der Waals surface area contributed by atoms with E-state index in [1.807, 2.05) is 38.1 Å². The molecule has 116 valence electrons. The van der Waals surface area contributed by atoms with Crippen LogP contribution in [0.4, 0.5) is 0 Å². The Balaban J connectivity index is 3.39. The molecule has 21 heavy (non-hydrogen) atoms. The van der Waals surface area contributed by atoms with Gasteiger partial charge in [0.2, 0.25) is 5.91 Å². The standard InChI is InChI=1S/C17H25NO3/c1-11(2)14-7-9-15(10-8-14)17(6,16(20)21)18(12(3)4)13(5)19/h7-12H,1-6H3,(H,20,21). The van der Waals surface area contributed by atoms with Crippen molar-refractivity contribution in [3.8, 4) is 0 Å². The maximum Gasteiger partial charge on any atom is 0.334 e. The maximum atomic E-state index is 11.9. The van der Waals surface area contributed by atoms with Crippen LogP contribution in [-0.4, -0.2) is 27.9 Å². The molecule has 0 fully saturated rings. The van der Waals surface area contributed by atoms with Gasteiger partial charge in [-0.1, -0.05) is 38.1 Å². The fraction of sp³-hybridized carbons (Fsp3) is 0.529. The van der Waals surface area contributed by atoms with Crippen molar-refractivity contribution in [3.05, 3.63) is 35.4 Å². The predicted molar refractivity (Wildman–Crippen MR) is 83.2 cm³/mol. The zero-order valence-corrected chi connectivity index (χ0v) is 13.7. The van der Waals surface area contributed by atoms with Gasteiger partial charge in [-0.2, -0.15) is 0 Å². The fourth-order valence-corrected chi connectivity index (χ4v) is 2.75. The molecule has 0 aromatic heterocycles. The van der Waals surface area contributed by atoms with Gasteiger partial charge in [-0.15, -0.1) is 0 Å². The van der Waals surface area contributed by atoms with E-state index in [4.69, 9.17) is 0 Å². The van der Waals surface area contributed by atoms with Crippen molar-refractivity contribution in [1.82, 2.24) is 4.90 Å². The van der Waals surface area contributed by atoms with Gasteiger partial charge < -0.3 is 10.0 Å². The third kappa shape index (κ3) is 3.26. The minimum atomic E-state index is -1.37. The number of rotatable bonds is 5. The highest BCUT2D eigenvalue weighted by atomic mass is 16.4. The third-order valence-electron chi connectivity index (χ3n) is 3.89. The van der Waals surface area contributed by atoms with E-state index in [9.17, 15) is 14.7 Å². The molecule has 1 rings (SSSR count). The lowest BCUT2D eigenvalue weighted by atomic mass is 9.87. The Kier molecular flexibility index (Phi) is 5.15. The summed E-state index contributed by atoms with van der Waals surface area (Å²) >= 11 is 0. The molecule has 4 heteroatoms. The number of benzene rings is 1. The van der Waals surface area contributed by atoms with Gasteiger partial charge in [-0.25, -0.2) is 4.79 Å². The molecule has 0 aliphatic carbocycles. The first-order valence-electron chi connectivity index (χ1n) is 7.26. The quantitative estimate of drug-likeness (QED) is 0.905. The first kappa shape index (κ1) is 17.2. The van der Waals surface area contributed by atoms with Crippen molar-refractivity contribution in [2.45, 2.75) is 59.0 Å². The van der Waals surface area contributed by atoms with Crippen LogP contribution in [0.25, 0.3) is 0 Å². The van der Waals surface area contributed by atoms with Gasteiger partial charge in [-0.3, -0.25) is 4.79 Å². The summed E-state index contributed by atoms with van der Waals surface area (Å²) in [6, 6.07) is 7.27. The molecule has 0 aliphatic rings. The van der Waals surface area contributed by atoms with Crippen LogP contribution in [0.15, 0.2) is 24.3 Å². The van der Waals surface area contributed by atoms with E-state index in [1.54, 1.807) is 6.92 Å². The first-order chi connectivity index (χ1) is 9.62. The highest BCUT2D eigenvalue weighted by Crippen LogP contribution is 2.32. The molecule has 0 heterocycles. The minimum Gasteiger partial charge on any atom is -0.479 e. The van der Waals surface area contributed by atoms with Crippen LogP contribution in [0.3, 0.4) is 0 Å². The highest BCUT2D eigenvalue weighted by molar-refractivity contribution is 5.87. The monoisotopic (exact) mass is 291 g/mol. The normalized spacial score (nSPS) is 14.1. The second-order valence-electron chi connectivity index (χ2n) is 6.14. The predicted octanol–water partition coefficient (Wildman–Crippen LogP) is 3.37. The molecule has 0 saturated carbocycles. The van der Waals surface area contributed by atoms with Crippen molar-refractivity contribution in [3.63, 3.8) is 0 Å². The number of carboxylic acids is 1. The van der Waals surface area contributed by atoms with Crippen LogP contribution in [0.1, 0.15) is 58.6 Å². The second kappa shape index (κ2) is 6.29. The summed E-state index contributed by atoms with van der Waals surface area (Å²) in [4.78, 5) is 25.3. The lowest BCUT2D eigenvalue weighted by Crippen LogP contribution is -2.55. The van der Waals surface area contributed by atoms with Crippen molar-refractivity contribution in [2.75, 3.05) is 0 Å². The highest BCUT2D eigenvalue weighted by Gasteiger charge is 2.44. The lowest BCUT2D eigenvalue weighted by molar-refractivity contribution is -0.160. The fourth-order valence-electron chi connectivity index (χ4n) is 2.75. The summed E-state index contributed by atoms with van der Waals surface area (Å²) in [5.74, 6) is -0.893. The van der Waals surface area contributed by atoms with E-state index in [2.05, 4.69) is 13.8 Å². The van der Waals surface area contributed by atoms with Crippen LogP contribution in [-0.2, 0) is 15.1 Å². The smallest absolute Gasteiger partial charge is 0.334 e. The van der Waals surface area contributed by atoms with Crippen molar-refractivity contribution >= 4 is 11.9 Å². The molecule has 0 aliphatic heterocycles. The SMILES string of the molecule is CC(=O)N(C(C)C)C(C)(C(=O)O)c1ccc(C(C)C)cc1. The first-order valence-corrected chi connectivity index (χ1v) is 7.26. The van der Waals surface area contributed by atoms with Crippen molar-refractivity contribution in [2.24, 2.45) is 0 Å². The Morgan fingerprint density at radius 2 is 1.57 bits per heavy atom. The molecule has 1 aromatic rings. The van der Waals surface area contributed by atoms with Crippen LogP contribution >= 0.6 is 0 Å². The number of hydrogen-bond donors (Lipinski definition) is 1. The largest absolute Gasteiger partial charge is 0.479 e. The summed E-state index contributed by atoms with van der Waals surface area (Å²) in [7, 11) is 0. The van der Waals surface area contributed by atoms with E-state index in [-0.39, 0.29) is 11.9 Å². The summed E-state index contributed by atoms with van der Waals surface area (Å²) in [5.41, 5.74) is 0.392. The van der Waals surface area contributed by atoms with Gasteiger partial charge >= 0.3 is 5.97 Å². The van der Waals surface area contributed by atoms with Gasteiger partial charge in [0, 0.05) is 13.0 Å². The number of hydrogen-bond acceptors (Lipinski definition) is 2. The number of carbonyl (C=O) groups is 2. The van der Waals surface area contributed by atoms with Crippen LogP contribution < -0.4 is 0 Å². The third-order valence-corrected chi connectivity index (χ3v) is 3.89. The molecule has 1 unspecified atom stereocenters. The molecule has 0 spiro atoms. The van der Waals surface area contributed by atoms with E-state index < -0.39 is 11.5 Å². The Bertz CT molecular complexity index is 519. The topological polar surface area (TPSA) is 57.6 Å². The Morgan fingerprint density at radius 3 is 1.86 bits per heavy atom. The molecule has 0 bridgehead atoms. The van der Waals surface area contributed by atoms with E-state index in [0.29, 0.717) is 11.5 Å². The minimum absolute atomic E-state index is 0.201.